The normalized spacial score (nSPS) is 10.6. The summed E-state index contributed by atoms with van der Waals surface area (Å²) in [6, 6.07) is 2.12. The van der Waals surface area contributed by atoms with Gasteiger partial charge in [-0.1, -0.05) is 6.92 Å². The molecule has 2 rings (SSSR count). The van der Waals surface area contributed by atoms with Crippen molar-refractivity contribution in [2.75, 3.05) is 11.9 Å². The van der Waals surface area contributed by atoms with Crippen LogP contribution in [0, 0.1) is 13.8 Å². The molecule has 0 aliphatic rings. The Morgan fingerprint density at radius 1 is 1.10 bits per heavy atom. The quantitative estimate of drug-likeness (QED) is 0.903. The van der Waals surface area contributed by atoms with Crippen LogP contribution in [0.4, 0.5) is 5.82 Å². The minimum Gasteiger partial charge on any atom is -0.370 e. The van der Waals surface area contributed by atoms with Gasteiger partial charge in [0.1, 0.15) is 11.6 Å². The van der Waals surface area contributed by atoms with Crippen molar-refractivity contribution < 1.29 is 0 Å². The molecule has 4 heteroatoms. The molecule has 0 unspecified atom stereocenters. The highest BCUT2D eigenvalue weighted by Crippen LogP contribution is 2.26. The van der Waals surface area contributed by atoms with Crippen molar-refractivity contribution in [1.82, 2.24) is 15.0 Å². The van der Waals surface area contributed by atoms with Gasteiger partial charge in [-0.3, -0.25) is 4.98 Å². The molecule has 0 saturated heterocycles. The second kappa shape index (κ2) is 6.46. The van der Waals surface area contributed by atoms with Crippen LogP contribution in [0.15, 0.2) is 18.5 Å². The molecular formula is C16H22N4. The van der Waals surface area contributed by atoms with Crippen molar-refractivity contribution in [3.63, 3.8) is 0 Å². The van der Waals surface area contributed by atoms with Gasteiger partial charge in [0.2, 0.25) is 0 Å². The molecule has 0 spiro atoms. The fraction of sp³-hybridized carbons (Fsp3) is 0.438. The summed E-state index contributed by atoms with van der Waals surface area (Å²) in [4.78, 5) is 13.6. The number of nitrogens with one attached hydrogen (secondary N) is 1. The zero-order valence-corrected chi connectivity index (χ0v) is 12.7. The molecule has 1 N–H and O–H groups in total. The molecule has 106 valence electrons. The van der Waals surface area contributed by atoms with E-state index in [4.69, 9.17) is 4.98 Å². The molecule has 20 heavy (non-hydrogen) atoms. The molecule has 2 aromatic rings. The van der Waals surface area contributed by atoms with E-state index in [1.165, 1.54) is 0 Å². The van der Waals surface area contributed by atoms with Crippen LogP contribution in [0.2, 0.25) is 0 Å². The number of hydrogen-bond acceptors (Lipinski definition) is 4. The Morgan fingerprint density at radius 3 is 2.55 bits per heavy atom. The van der Waals surface area contributed by atoms with Gasteiger partial charge in [-0.15, -0.1) is 0 Å². The Hall–Kier alpha value is -1.97. The molecule has 0 radical (unpaired) electrons. The van der Waals surface area contributed by atoms with Crippen LogP contribution < -0.4 is 5.32 Å². The van der Waals surface area contributed by atoms with E-state index in [-0.39, 0.29) is 0 Å². The summed E-state index contributed by atoms with van der Waals surface area (Å²) in [5.41, 5.74) is 4.26. The predicted octanol–water partition coefficient (Wildman–Crippen LogP) is 3.54. The topological polar surface area (TPSA) is 50.7 Å². The van der Waals surface area contributed by atoms with Crippen LogP contribution in [0.1, 0.15) is 37.2 Å². The SMILES string of the molecule is CCCc1nc(NCC)c(C)c(-c2cncc(C)c2)n1. The molecule has 0 saturated carbocycles. The van der Waals surface area contributed by atoms with E-state index in [0.717, 1.165) is 53.4 Å². The summed E-state index contributed by atoms with van der Waals surface area (Å²) in [6.45, 7) is 9.18. The standard InChI is InChI=1S/C16H22N4/c1-5-7-14-19-15(12(4)16(20-14)18-6-2)13-8-11(3)9-17-10-13/h8-10H,5-7H2,1-4H3,(H,18,19,20). The lowest BCUT2D eigenvalue weighted by Gasteiger charge is -2.13. The van der Waals surface area contributed by atoms with Crippen LogP contribution in [0.5, 0.6) is 0 Å². The molecule has 0 aliphatic heterocycles. The molecule has 0 aromatic carbocycles. The smallest absolute Gasteiger partial charge is 0.133 e. The summed E-state index contributed by atoms with van der Waals surface area (Å²) in [5, 5.41) is 3.33. The summed E-state index contributed by atoms with van der Waals surface area (Å²) < 4.78 is 0. The summed E-state index contributed by atoms with van der Waals surface area (Å²) in [7, 11) is 0. The minimum absolute atomic E-state index is 0.856. The largest absolute Gasteiger partial charge is 0.370 e. The van der Waals surface area contributed by atoms with Crippen molar-refractivity contribution >= 4 is 5.82 Å². The first-order valence-corrected chi connectivity index (χ1v) is 7.19. The highest BCUT2D eigenvalue weighted by atomic mass is 15.0. The third-order valence-corrected chi connectivity index (χ3v) is 3.16. The lowest BCUT2D eigenvalue weighted by molar-refractivity contribution is 0.833. The van der Waals surface area contributed by atoms with Crippen molar-refractivity contribution in [3.8, 4) is 11.3 Å². The van der Waals surface area contributed by atoms with E-state index in [1.54, 1.807) is 0 Å². The van der Waals surface area contributed by atoms with Crippen LogP contribution in [-0.2, 0) is 6.42 Å². The fourth-order valence-corrected chi connectivity index (χ4v) is 2.20. The van der Waals surface area contributed by atoms with E-state index in [0.29, 0.717) is 0 Å². The molecule has 0 atom stereocenters. The zero-order valence-electron chi connectivity index (χ0n) is 12.7. The maximum absolute atomic E-state index is 4.73. The third-order valence-electron chi connectivity index (χ3n) is 3.16. The average molecular weight is 270 g/mol. The molecule has 2 aromatic heterocycles. The highest BCUT2D eigenvalue weighted by Gasteiger charge is 2.12. The second-order valence-corrected chi connectivity index (χ2v) is 4.99. The molecule has 0 fully saturated rings. The van der Waals surface area contributed by atoms with E-state index >= 15 is 0 Å². The van der Waals surface area contributed by atoms with Gasteiger partial charge in [-0.2, -0.15) is 0 Å². The van der Waals surface area contributed by atoms with Gasteiger partial charge in [0.25, 0.3) is 0 Å². The molecule has 0 bridgehead atoms. The zero-order chi connectivity index (χ0) is 14.5. The van der Waals surface area contributed by atoms with Gasteiger partial charge in [0, 0.05) is 36.5 Å². The van der Waals surface area contributed by atoms with E-state index < -0.39 is 0 Å². The number of rotatable bonds is 5. The molecular weight excluding hydrogens is 248 g/mol. The number of aryl methyl sites for hydroxylation is 2. The van der Waals surface area contributed by atoms with Crippen LogP contribution in [0.25, 0.3) is 11.3 Å². The van der Waals surface area contributed by atoms with E-state index in [2.05, 4.69) is 42.1 Å². The minimum atomic E-state index is 0.856. The number of pyridine rings is 1. The summed E-state index contributed by atoms with van der Waals surface area (Å²) in [5.74, 6) is 1.83. The Morgan fingerprint density at radius 2 is 1.90 bits per heavy atom. The van der Waals surface area contributed by atoms with Crippen LogP contribution in [-0.4, -0.2) is 21.5 Å². The van der Waals surface area contributed by atoms with Gasteiger partial charge < -0.3 is 5.32 Å². The third kappa shape index (κ3) is 3.13. The highest BCUT2D eigenvalue weighted by molar-refractivity contribution is 5.67. The first-order valence-electron chi connectivity index (χ1n) is 7.19. The summed E-state index contributed by atoms with van der Waals surface area (Å²) in [6.07, 6.45) is 5.66. The van der Waals surface area contributed by atoms with Gasteiger partial charge in [-0.05, 0) is 38.8 Å². The van der Waals surface area contributed by atoms with Crippen molar-refractivity contribution in [2.45, 2.75) is 40.5 Å². The number of aromatic nitrogens is 3. The lowest BCUT2D eigenvalue weighted by atomic mass is 10.1. The van der Waals surface area contributed by atoms with Crippen LogP contribution in [0.3, 0.4) is 0 Å². The Kier molecular flexibility index (Phi) is 4.66. The first-order chi connectivity index (χ1) is 9.65. The van der Waals surface area contributed by atoms with Crippen molar-refractivity contribution in [2.24, 2.45) is 0 Å². The molecule has 4 nitrogen and oxygen atoms in total. The van der Waals surface area contributed by atoms with E-state index in [9.17, 15) is 0 Å². The monoisotopic (exact) mass is 270 g/mol. The van der Waals surface area contributed by atoms with Gasteiger partial charge in [0.15, 0.2) is 0 Å². The second-order valence-electron chi connectivity index (χ2n) is 4.99. The Labute approximate surface area is 120 Å². The van der Waals surface area contributed by atoms with Gasteiger partial charge >= 0.3 is 0 Å². The Balaban J connectivity index is 2.55. The van der Waals surface area contributed by atoms with Gasteiger partial charge in [0.05, 0.1) is 5.69 Å². The predicted molar refractivity (Wildman–Crippen MR) is 82.9 cm³/mol. The molecule has 0 aliphatic carbocycles. The maximum atomic E-state index is 4.73. The molecule has 2 heterocycles. The number of anilines is 1. The maximum Gasteiger partial charge on any atom is 0.133 e. The Bertz CT molecular complexity index is 593. The van der Waals surface area contributed by atoms with Crippen molar-refractivity contribution in [3.05, 3.63) is 35.4 Å². The lowest BCUT2D eigenvalue weighted by Crippen LogP contribution is -2.08. The number of nitrogens with zero attached hydrogens (tertiary/aromatic N) is 3. The van der Waals surface area contributed by atoms with Gasteiger partial charge in [-0.25, -0.2) is 9.97 Å². The summed E-state index contributed by atoms with van der Waals surface area (Å²) >= 11 is 0. The van der Waals surface area contributed by atoms with Crippen LogP contribution >= 0.6 is 0 Å². The van der Waals surface area contributed by atoms with Crippen molar-refractivity contribution in [1.29, 1.82) is 0 Å². The average Bonchev–Trinajstić information content (AvgIpc) is 2.43. The fourth-order valence-electron chi connectivity index (χ4n) is 2.20. The molecule has 0 amide bonds. The van der Waals surface area contributed by atoms with E-state index in [1.807, 2.05) is 19.3 Å². The first kappa shape index (κ1) is 14.4. The number of hydrogen-bond donors (Lipinski definition) is 1.